The number of nitrogens with zero attached hydrogens (tertiary/aromatic N) is 1. The molecule has 1 rings (SSSR count). The third-order valence-corrected chi connectivity index (χ3v) is 4.19. The number of hydrogen-bond donors (Lipinski definition) is 2. The Labute approximate surface area is 108 Å². The SMILES string of the molecule is CCC(N)C(c1ccc(C)s1)N(CC)CCO. The van der Waals surface area contributed by atoms with E-state index >= 15 is 0 Å². The first-order valence-electron chi connectivity index (χ1n) is 6.30. The minimum absolute atomic E-state index is 0.125. The Balaban J connectivity index is 2.93. The zero-order chi connectivity index (χ0) is 12.8. The molecule has 0 aromatic carbocycles. The highest BCUT2D eigenvalue weighted by atomic mass is 32.1. The van der Waals surface area contributed by atoms with Crippen LogP contribution in [0.25, 0.3) is 0 Å². The van der Waals surface area contributed by atoms with Gasteiger partial charge in [0.1, 0.15) is 0 Å². The molecule has 0 aliphatic heterocycles. The van der Waals surface area contributed by atoms with Gasteiger partial charge in [-0.25, -0.2) is 0 Å². The van der Waals surface area contributed by atoms with E-state index in [2.05, 4.69) is 37.8 Å². The van der Waals surface area contributed by atoms with Gasteiger partial charge in [0.05, 0.1) is 12.6 Å². The van der Waals surface area contributed by atoms with Crippen LogP contribution in [0.1, 0.15) is 36.1 Å². The van der Waals surface area contributed by atoms with Crippen LogP contribution >= 0.6 is 11.3 Å². The molecule has 0 spiro atoms. The van der Waals surface area contributed by atoms with Crippen molar-refractivity contribution in [3.05, 3.63) is 21.9 Å². The molecule has 0 fully saturated rings. The van der Waals surface area contributed by atoms with E-state index in [1.807, 2.05) is 0 Å². The quantitative estimate of drug-likeness (QED) is 0.786. The maximum atomic E-state index is 9.14. The van der Waals surface area contributed by atoms with Gasteiger partial charge in [-0.1, -0.05) is 13.8 Å². The summed E-state index contributed by atoms with van der Waals surface area (Å²) >= 11 is 1.81. The third kappa shape index (κ3) is 3.78. The molecule has 3 nitrogen and oxygen atoms in total. The van der Waals surface area contributed by atoms with Crippen molar-refractivity contribution in [2.24, 2.45) is 5.73 Å². The molecule has 0 saturated carbocycles. The van der Waals surface area contributed by atoms with Crippen LogP contribution in [-0.2, 0) is 0 Å². The highest BCUT2D eigenvalue weighted by molar-refractivity contribution is 7.12. The van der Waals surface area contributed by atoms with Crippen molar-refractivity contribution in [1.82, 2.24) is 4.90 Å². The van der Waals surface area contributed by atoms with E-state index in [-0.39, 0.29) is 18.7 Å². The normalized spacial score (nSPS) is 15.2. The van der Waals surface area contributed by atoms with Gasteiger partial charge in [0.15, 0.2) is 0 Å². The smallest absolute Gasteiger partial charge is 0.0594 e. The largest absolute Gasteiger partial charge is 0.395 e. The van der Waals surface area contributed by atoms with E-state index in [1.165, 1.54) is 9.75 Å². The van der Waals surface area contributed by atoms with Crippen LogP contribution in [0.4, 0.5) is 0 Å². The number of likely N-dealkylation sites (N-methyl/N-ethyl adjacent to an activating group) is 1. The van der Waals surface area contributed by atoms with Crippen LogP contribution in [0.5, 0.6) is 0 Å². The van der Waals surface area contributed by atoms with Crippen LogP contribution in [0.2, 0.25) is 0 Å². The van der Waals surface area contributed by atoms with Gasteiger partial charge in [-0.3, -0.25) is 4.90 Å². The summed E-state index contributed by atoms with van der Waals surface area (Å²) in [4.78, 5) is 4.89. The van der Waals surface area contributed by atoms with Gasteiger partial charge in [0, 0.05) is 22.3 Å². The second kappa shape index (κ2) is 7.11. The van der Waals surface area contributed by atoms with E-state index in [0.29, 0.717) is 6.54 Å². The average Bonchev–Trinajstić information content (AvgIpc) is 2.74. The number of rotatable bonds is 7. The second-order valence-electron chi connectivity index (χ2n) is 4.32. The molecule has 4 heteroatoms. The molecular formula is C13H24N2OS. The summed E-state index contributed by atoms with van der Waals surface area (Å²) in [7, 11) is 0. The van der Waals surface area contributed by atoms with Crippen LogP contribution in [-0.4, -0.2) is 35.7 Å². The molecule has 1 aromatic rings. The van der Waals surface area contributed by atoms with Crippen molar-refractivity contribution in [2.45, 2.75) is 39.3 Å². The van der Waals surface area contributed by atoms with Crippen molar-refractivity contribution >= 4 is 11.3 Å². The molecule has 3 N–H and O–H groups in total. The molecule has 0 amide bonds. The van der Waals surface area contributed by atoms with Crippen LogP contribution < -0.4 is 5.73 Å². The van der Waals surface area contributed by atoms with Gasteiger partial charge in [-0.2, -0.15) is 0 Å². The van der Waals surface area contributed by atoms with Crippen molar-refractivity contribution in [3.63, 3.8) is 0 Å². The monoisotopic (exact) mass is 256 g/mol. The molecule has 1 aromatic heterocycles. The summed E-state index contributed by atoms with van der Waals surface area (Å²) in [5.74, 6) is 0. The Morgan fingerprint density at radius 1 is 1.41 bits per heavy atom. The van der Waals surface area contributed by atoms with E-state index in [9.17, 15) is 0 Å². The van der Waals surface area contributed by atoms with Gasteiger partial charge in [0.25, 0.3) is 0 Å². The summed E-state index contributed by atoms with van der Waals surface area (Å²) in [6.45, 7) is 8.13. The van der Waals surface area contributed by atoms with Gasteiger partial charge in [-0.15, -0.1) is 11.3 Å². The molecule has 17 heavy (non-hydrogen) atoms. The Hall–Kier alpha value is -0.420. The lowest BCUT2D eigenvalue weighted by molar-refractivity contribution is 0.140. The summed E-state index contributed by atoms with van der Waals surface area (Å²) in [5.41, 5.74) is 6.25. The highest BCUT2D eigenvalue weighted by Gasteiger charge is 2.25. The van der Waals surface area contributed by atoms with Crippen LogP contribution in [0, 0.1) is 6.92 Å². The van der Waals surface area contributed by atoms with E-state index < -0.39 is 0 Å². The van der Waals surface area contributed by atoms with Crippen molar-refractivity contribution in [3.8, 4) is 0 Å². The lowest BCUT2D eigenvalue weighted by Gasteiger charge is -2.33. The predicted molar refractivity (Wildman–Crippen MR) is 74.4 cm³/mol. The number of aliphatic hydroxyl groups excluding tert-OH is 1. The topological polar surface area (TPSA) is 49.5 Å². The van der Waals surface area contributed by atoms with Crippen LogP contribution in [0.3, 0.4) is 0 Å². The summed E-state index contributed by atoms with van der Waals surface area (Å²) in [6, 6.07) is 4.66. The molecular weight excluding hydrogens is 232 g/mol. The lowest BCUT2D eigenvalue weighted by atomic mass is 10.0. The molecule has 0 saturated heterocycles. The molecule has 0 aliphatic carbocycles. The fraction of sp³-hybridized carbons (Fsp3) is 0.692. The van der Waals surface area contributed by atoms with Crippen molar-refractivity contribution in [1.29, 1.82) is 0 Å². The van der Waals surface area contributed by atoms with Crippen molar-refractivity contribution < 1.29 is 5.11 Å². The van der Waals surface area contributed by atoms with Crippen LogP contribution in [0.15, 0.2) is 12.1 Å². The second-order valence-corrected chi connectivity index (χ2v) is 5.64. The number of hydrogen-bond acceptors (Lipinski definition) is 4. The maximum absolute atomic E-state index is 9.14. The predicted octanol–water partition coefficient (Wildman–Crippen LogP) is 2.15. The Kier molecular flexibility index (Phi) is 6.12. The fourth-order valence-corrected chi connectivity index (χ4v) is 3.21. The molecule has 98 valence electrons. The third-order valence-electron chi connectivity index (χ3n) is 3.12. The summed E-state index contributed by atoms with van der Waals surface area (Å²) < 4.78 is 0. The van der Waals surface area contributed by atoms with E-state index in [0.717, 1.165) is 13.0 Å². The van der Waals surface area contributed by atoms with Crippen molar-refractivity contribution in [2.75, 3.05) is 19.7 Å². The standard InChI is InChI=1S/C13H24N2OS/c1-4-11(14)13(15(5-2)8-9-16)12-7-6-10(3)17-12/h6-7,11,13,16H,4-5,8-9,14H2,1-3H3. The number of aryl methyl sites for hydroxylation is 1. The fourth-order valence-electron chi connectivity index (χ4n) is 2.12. The molecule has 1 heterocycles. The summed E-state index contributed by atoms with van der Waals surface area (Å²) in [6.07, 6.45) is 0.948. The molecule has 2 atom stereocenters. The van der Waals surface area contributed by atoms with Gasteiger partial charge in [0.2, 0.25) is 0 Å². The first-order chi connectivity index (χ1) is 8.13. The maximum Gasteiger partial charge on any atom is 0.0594 e. The van der Waals surface area contributed by atoms with Gasteiger partial charge >= 0.3 is 0 Å². The first kappa shape index (κ1) is 14.6. The zero-order valence-electron chi connectivity index (χ0n) is 11.0. The lowest BCUT2D eigenvalue weighted by Crippen LogP contribution is -2.41. The number of thiophene rings is 1. The van der Waals surface area contributed by atoms with Gasteiger partial charge in [-0.05, 0) is 32.0 Å². The Morgan fingerprint density at radius 3 is 2.53 bits per heavy atom. The minimum atomic E-state index is 0.125. The van der Waals surface area contributed by atoms with Gasteiger partial charge < -0.3 is 10.8 Å². The molecule has 0 aliphatic rings. The Bertz CT molecular complexity index is 327. The highest BCUT2D eigenvalue weighted by Crippen LogP contribution is 2.30. The number of nitrogens with two attached hydrogens (primary N) is 1. The zero-order valence-corrected chi connectivity index (χ0v) is 11.8. The van der Waals surface area contributed by atoms with E-state index in [1.54, 1.807) is 11.3 Å². The molecule has 2 unspecified atom stereocenters. The minimum Gasteiger partial charge on any atom is -0.395 e. The molecule has 0 bridgehead atoms. The number of aliphatic hydroxyl groups is 1. The molecule has 0 radical (unpaired) electrons. The first-order valence-corrected chi connectivity index (χ1v) is 7.12. The average molecular weight is 256 g/mol. The Morgan fingerprint density at radius 2 is 2.12 bits per heavy atom. The summed E-state index contributed by atoms with van der Waals surface area (Å²) in [5, 5.41) is 9.14. The van der Waals surface area contributed by atoms with E-state index in [4.69, 9.17) is 10.8 Å².